The van der Waals surface area contributed by atoms with E-state index in [9.17, 15) is 9.59 Å². The molecule has 7 heteroatoms. The van der Waals surface area contributed by atoms with Crippen molar-refractivity contribution in [2.45, 2.75) is 32.4 Å². The Morgan fingerprint density at radius 1 is 1.19 bits per heavy atom. The number of hydrogen-bond donors (Lipinski definition) is 2. The summed E-state index contributed by atoms with van der Waals surface area (Å²) in [6, 6.07) is 7.28. The molecule has 2 heterocycles. The molecule has 0 spiro atoms. The van der Waals surface area contributed by atoms with E-state index < -0.39 is 0 Å². The molecule has 1 aromatic heterocycles. The fraction of sp³-hybridized carbons (Fsp3) is 0.316. The van der Waals surface area contributed by atoms with Crippen LogP contribution in [0.4, 0.5) is 0 Å². The summed E-state index contributed by atoms with van der Waals surface area (Å²) in [7, 11) is 0. The van der Waals surface area contributed by atoms with E-state index in [1.54, 1.807) is 18.2 Å². The first-order valence-corrected chi connectivity index (χ1v) is 8.99. The normalized spacial score (nSPS) is 13.0. The minimum absolute atomic E-state index is 0.270. The maximum absolute atomic E-state index is 12.6. The summed E-state index contributed by atoms with van der Waals surface area (Å²) in [5.41, 5.74) is 2.11. The lowest BCUT2D eigenvalue weighted by Crippen LogP contribution is -2.28. The quantitative estimate of drug-likeness (QED) is 0.765. The van der Waals surface area contributed by atoms with Gasteiger partial charge in [-0.25, -0.2) is 4.98 Å². The Balaban J connectivity index is 1.78. The molecule has 136 valence electrons. The number of nitrogens with one attached hydrogen (secondary N) is 2. The standard InChI is InChI=1S/C19H21ClN4O2/c1-2-10-21-19(26)17-23-16(15-5-3-4-11-24(15)17)18(25)22-12-13-6-8-14(20)9-7-13/h2,6-9H,1,3-5,10-12H2,(H,21,26)(H,22,25). The summed E-state index contributed by atoms with van der Waals surface area (Å²) >= 11 is 5.87. The van der Waals surface area contributed by atoms with Gasteiger partial charge in [0.05, 0.1) is 5.69 Å². The highest BCUT2D eigenvalue weighted by molar-refractivity contribution is 6.30. The number of carbonyl (C=O) groups excluding carboxylic acids is 2. The van der Waals surface area contributed by atoms with Crippen molar-refractivity contribution in [3.05, 3.63) is 64.7 Å². The van der Waals surface area contributed by atoms with Gasteiger partial charge in [0.25, 0.3) is 11.8 Å². The first kappa shape index (κ1) is 18.2. The molecule has 26 heavy (non-hydrogen) atoms. The van der Waals surface area contributed by atoms with Crippen LogP contribution in [0.1, 0.15) is 45.2 Å². The molecule has 0 radical (unpaired) electrons. The van der Waals surface area contributed by atoms with Gasteiger partial charge in [0.15, 0.2) is 5.82 Å². The van der Waals surface area contributed by atoms with Gasteiger partial charge < -0.3 is 15.2 Å². The Bertz CT molecular complexity index is 827. The second-order valence-electron chi connectivity index (χ2n) is 6.15. The zero-order valence-corrected chi connectivity index (χ0v) is 15.2. The third-order valence-electron chi connectivity index (χ3n) is 4.31. The topological polar surface area (TPSA) is 76.0 Å². The molecule has 0 fully saturated rings. The van der Waals surface area contributed by atoms with Crippen LogP contribution in [0.25, 0.3) is 0 Å². The molecule has 0 unspecified atom stereocenters. The van der Waals surface area contributed by atoms with Crippen molar-refractivity contribution >= 4 is 23.4 Å². The van der Waals surface area contributed by atoms with E-state index in [1.165, 1.54) is 0 Å². The summed E-state index contributed by atoms with van der Waals surface area (Å²) in [6.45, 7) is 5.03. The summed E-state index contributed by atoms with van der Waals surface area (Å²) in [5, 5.41) is 6.26. The molecule has 0 saturated carbocycles. The van der Waals surface area contributed by atoms with Crippen LogP contribution in [-0.4, -0.2) is 27.9 Å². The van der Waals surface area contributed by atoms with Gasteiger partial charge in [-0.05, 0) is 37.0 Å². The van der Waals surface area contributed by atoms with Crippen molar-refractivity contribution < 1.29 is 9.59 Å². The summed E-state index contributed by atoms with van der Waals surface area (Å²) in [4.78, 5) is 29.3. The lowest BCUT2D eigenvalue weighted by molar-refractivity contribution is 0.0941. The van der Waals surface area contributed by atoms with E-state index in [0.717, 1.165) is 30.5 Å². The molecule has 0 bridgehead atoms. The van der Waals surface area contributed by atoms with Crippen LogP contribution in [0, 0.1) is 0 Å². The average molecular weight is 373 g/mol. The van der Waals surface area contributed by atoms with Crippen LogP contribution in [0.2, 0.25) is 5.02 Å². The molecule has 2 amide bonds. The molecule has 0 aliphatic carbocycles. The number of halogens is 1. The molecule has 1 aliphatic rings. The second-order valence-corrected chi connectivity index (χ2v) is 6.58. The zero-order valence-electron chi connectivity index (χ0n) is 14.4. The van der Waals surface area contributed by atoms with Gasteiger partial charge >= 0.3 is 0 Å². The van der Waals surface area contributed by atoms with E-state index in [4.69, 9.17) is 11.6 Å². The van der Waals surface area contributed by atoms with Crippen molar-refractivity contribution in [2.24, 2.45) is 0 Å². The number of imidazole rings is 1. The molecular formula is C19H21ClN4O2. The van der Waals surface area contributed by atoms with Crippen molar-refractivity contribution in [1.82, 2.24) is 20.2 Å². The number of benzene rings is 1. The average Bonchev–Trinajstić information content (AvgIpc) is 3.05. The molecule has 1 aromatic carbocycles. The Kier molecular flexibility index (Phi) is 5.73. The number of amides is 2. The predicted octanol–water partition coefficient (Wildman–Crippen LogP) is 2.72. The van der Waals surface area contributed by atoms with Crippen LogP contribution >= 0.6 is 11.6 Å². The van der Waals surface area contributed by atoms with Crippen molar-refractivity contribution in [3.63, 3.8) is 0 Å². The molecule has 2 aromatic rings. The third kappa shape index (κ3) is 3.96. The van der Waals surface area contributed by atoms with Crippen molar-refractivity contribution in [3.8, 4) is 0 Å². The van der Waals surface area contributed by atoms with Crippen LogP contribution in [0.15, 0.2) is 36.9 Å². The minimum Gasteiger partial charge on any atom is -0.347 e. The molecule has 3 rings (SSSR count). The smallest absolute Gasteiger partial charge is 0.287 e. The zero-order chi connectivity index (χ0) is 18.5. The van der Waals surface area contributed by atoms with Gasteiger partial charge in [-0.3, -0.25) is 9.59 Å². The fourth-order valence-electron chi connectivity index (χ4n) is 3.01. The Labute approximate surface area is 157 Å². The molecule has 6 nitrogen and oxygen atoms in total. The van der Waals surface area contributed by atoms with E-state index >= 15 is 0 Å². The maximum atomic E-state index is 12.6. The number of nitrogens with zero attached hydrogens (tertiary/aromatic N) is 2. The Hall–Kier alpha value is -2.60. The first-order valence-electron chi connectivity index (χ1n) is 8.61. The molecular weight excluding hydrogens is 352 g/mol. The molecule has 2 N–H and O–H groups in total. The maximum Gasteiger partial charge on any atom is 0.287 e. The third-order valence-corrected chi connectivity index (χ3v) is 4.56. The van der Waals surface area contributed by atoms with Crippen molar-refractivity contribution in [1.29, 1.82) is 0 Å². The number of carbonyl (C=O) groups is 2. The second kappa shape index (κ2) is 8.19. The lowest BCUT2D eigenvalue weighted by atomic mass is 10.1. The van der Waals surface area contributed by atoms with E-state index in [0.29, 0.717) is 30.4 Å². The number of aromatic nitrogens is 2. The lowest BCUT2D eigenvalue weighted by Gasteiger charge is -2.17. The predicted molar refractivity (Wildman–Crippen MR) is 100 cm³/mol. The summed E-state index contributed by atoms with van der Waals surface area (Å²) < 4.78 is 1.86. The van der Waals surface area contributed by atoms with Crippen LogP contribution < -0.4 is 10.6 Å². The number of fused-ring (bicyclic) bond motifs is 1. The van der Waals surface area contributed by atoms with Gasteiger partial charge in [-0.15, -0.1) is 6.58 Å². The van der Waals surface area contributed by atoms with Crippen LogP contribution in [0.5, 0.6) is 0 Å². The molecule has 0 atom stereocenters. The first-order chi connectivity index (χ1) is 12.6. The van der Waals surface area contributed by atoms with E-state index in [1.807, 2.05) is 16.7 Å². The van der Waals surface area contributed by atoms with Crippen LogP contribution in [-0.2, 0) is 19.5 Å². The highest BCUT2D eigenvalue weighted by Crippen LogP contribution is 2.21. The Morgan fingerprint density at radius 3 is 2.69 bits per heavy atom. The highest BCUT2D eigenvalue weighted by atomic mass is 35.5. The van der Waals surface area contributed by atoms with Gasteiger partial charge in [-0.1, -0.05) is 29.8 Å². The molecule has 1 aliphatic heterocycles. The largest absolute Gasteiger partial charge is 0.347 e. The summed E-state index contributed by atoms with van der Waals surface area (Å²) in [6.07, 6.45) is 4.30. The van der Waals surface area contributed by atoms with Gasteiger partial charge in [0, 0.05) is 24.7 Å². The van der Waals surface area contributed by atoms with E-state index in [-0.39, 0.29) is 17.6 Å². The SMILES string of the molecule is C=CCNC(=O)c1nc(C(=O)NCc2ccc(Cl)cc2)c2n1CCCC2. The van der Waals surface area contributed by atoms with Gasteiger partial charge in [0.2, 0.25) is 0 Å². The monoisotopic (exact) mass is 372 g/mol. The van der Waals surface area contributed by atoms with Crippen molar-refractivity contribution in [2.75, 3.05) is 6.54 Å². The highest BCUT2D eigenvalue weighted by Gasteiger charge is 2.27. The molecule has 0 saturated heterocycles. The Morgan fingerprint density at radius 2 is 1.96 bits per heavy atom. The van der Waals surface area contributed by atoms with E-state index in [2.05, 4.69) is 22.2 Å². The van der Waals surface area contributed by atoms with Gasteiger partial charge in [0.1, 0.15) is 5.69 Å². The number of rotatable bonds is 6. The minimum atomic E-state index is -0.287. The fourth-order valence-corrected chi connectivity index (χ4v) is 3.14. The summed E-state index contributed by atoms with van der Waals surface area (Å²) in [5.74, 6) is -0.267. The van der Waals surface area contributed by atoms with Gasteiger partial charge in [-0.2, -0.15) is 0 Å². The van der Waals surface area contributed by atoms with Crippen LogP contribution in [0.3, 0.4) is 0 Å². The number of hydrogen-bond acceptors (Lipinski definition) is 3.